The molecule has 8 heteroatoms. The Kier molecular flexibility index (Phi) is 5.81. The molecule has 1 heterocycles. The molecule has 0 aromatic heterocycles. The Hall–Kier alpha value is -3.52. The monoisotopic (exact) mass is 480 g/mol. The van der Waals surface area contributed by atoms with Gasteiger partial charge in [-0.05, 0) is 46.3 Å². The Balaban J connectivity index is 1.73. The highest BCUT2D eigenvalue weighted by Crippen LogP contribution is 2.28. The van der Waals surface area contributed by atoms with Crippen molar-refractivity contribution in [2.24, 2.45) is 4.99 Å². The van der Waals surface area contributed by atoms with Gasteiger partial charge in [0.25, 0.3) is 5.91 Å². The van der Waals surface area contributed by atoms with Crippen LogP contribution in [-0.4, -0.2) is 30.9 Å². The Morgan fingerprint density at radius 1 is 1.00 bits per heavy atom. The molecule has 2 N–H and O–H groups in total. The summed E-state index contributed by atoms with van der Waals surface area (Å²) in [6.07, 6.45) is -1.24. The zero-order valence-electron chi connectivity index (χ0n) is 16.5. The molecular weight excluding hydrogens is 463 g/mol. The maximum atomic E-state index is 14.6. The molecule has 0 fully saturated rings. The number of aliphatic imine (C=N–C) groups is 1. The lowest BCUT2D eigenvalue weighted by Crippen LogP contribution is -2.47. The molecule has 3 amide bonds. The van der Waals surface area contributed by atoms with Crippen molar-refractivity contribution in [2.45, 2.75) is 6.17 Å². The van der Waals surface area contributed by atoms with E-state index in [-0.39, 0.29) is 11.3 Å². The van der Waals surface area contributed by atoms with Crippen molar-refractivity contribution in [1.29, 1.82) is 0 Å². The van der Waals surface area contributed by atoms with Crippen LogP contribution in [-0.2, 0) is 4.79 Å². The zero-order valence-corrected chi connectivity index (χ0v) is 18.1. The predicted molar refractivity (Wildman–Crippen MR) is 122 cm³/mol. The number of halogens is 2. The molecule has 0 saturated carbocycles. The number of carbonyl (C=O) groups is 2. The number of hydrogen-bond acceptors (Lipinski definition) is 3. The maximum Gasteiger partial charge on any atom is 0.321 e. The molecule has 31 heavy (non-hydrogen) atoms. The molecule has 0 saturated heterocycles. The first-order valence-electron chi connectivity index (χ1n) is 9.47. The van der Waals surface area contributed by atoms with Crippen LogP contribution in [0.25, 0.3) is 0 Å². The topological polar surface area (TPSA) is 73.8 Å². The Morgan fingerprint density at radius 2 is 1.65 bits per heavy atom. The second-order valence-corrected chi connectivity index (χ2v) is 7.71. The number of para-hydroxylation sites is 2. The van der Waals surface area contributed by atoms with E-state index in [1.165, 1.54) is 11.0 Å². The van der Waals surface area contributed by atoms with E-state index in [1.54, 1.807) is 67.7 Å². The lowest BCUT2D eigenvalue weighted by Gasteiger charge is -2.21. The van der Waals surface area contributed by atoms with E-state index >= 15 is 0 Å². The third-order valence-electron chi connectivity index (χ3n) is 4.86. The van der Waals surface area contributed by atoms with Crippen LogP contribution in [0.1, 0.15) is 11.1 Å². The average Bonchev–Trinajstić information content (AvgIpc) is 2.87. The van der Waals surface area contributed by atoms with Crippen LogP contribution in [0.15, 0.2) is 82.3 Å². The van der Waals surface area contributed by atoms with Crippen LogP contribution in [0, 0.1) is 5.82 Å². The van der Waals surface area contributed by atoms with Gasteiger partial charge < -0.3 is 15.5 Å². The fourth-order valence-corrected chi connectivity index (χ4v) is 3.71. The number of carbonyl (C=O) groups excluding carboxylic acids is 2. The number of amides is 3. The summed E-state index contributed by atoms with van der Waals surface area (Å²) in [4.78, 5) is 31.6. The van der Waals surface area contributed by atoms with Crippen molar-refractivity contribution in [2.75, 3.05) is 17.3 Å². The number of benzodiazepines with no additional fused rings is 1. The number of nitrogens with zero attached hydrogens (tertiary/aromatic N) is 2. The number of anilines is 2. The van der Waals surface area contributed by atoms with Gasteiger partial charge in [0.1, 0.15) is 5.82 Å². The maximum absolute atomic E-state index is 14.6. The summed E-state index contributed by atoms with van der Waals surface area (Å²) in [5, 5.41) is 5.29. The van der Waals surface area contributed by atoms with E-state index in [4.69, 9.17) is 0 Å². The molecule has 6 nitrogen and oxygen atoms in total. The minimum absolute atomic E-state index is 0.246. The molecule has 0 radical (unpaired) electrons. The summed E-state index contributed by atoms with van der Waals surface area (Å²) < 4.78 is 15.3. The summed E-state index contributed by atoms with van der Waals surface area (Å²) in [6, 6.07) is 19.8. The Bertz CT molecular complexity index is 1200. The zero-order chi connectivity index (χ0) is 22.0. The van der Waals surface area contributed by atoms with E-state index in [0.717, 1.165) is 0 Å². The number of rotatable bonds is 3. The number of fused-ring (bicyclic) bond motifs is 1. The van der Waals surface area contributed by atoms with Gasteiger partial charge in [-0.3, -0.25) is 4.79 Å². The predicted octanol–water partition coefficient (Wildman–Crippen LogP) is 4.55. The van der Waals surface area contributed by atoms with Crippen LogP contribution in [0.2, 0.25) is 0 Å². The number of nitrogens with one attached hydrogen (secondary N) is 2. The van der Waals surface area contributed by atoms with E-state index in [2.05, 4.69) is 31.6 Å². The van der Waals surface area contributed by atoms with Gasteiger partial charge >= 0.3 is 6.03 Å². The first kappa shape index (κ1) is 20.7. The third-order valence-corrected chi connectivity index (χ3v) is 5.55. The molecule has 0 bridgehead atoms. The van der Waals surface area contributed by atoms with Gasteiger partial charge in [-0.25, -0.2) is 14.2 Å². The summed E-state index contributed by atoms with van der Waals surface area (Å²) in [7, 11) is 1.60. The largest absolute Gasteiger partial charge is 0.321 e. The normalized spacial score (nSPS) is 15.6. The van der Waals surface area contributed by atoms with E-state index in [9.17, 15) is 14.0 Å². The highest BCUT2D eigenvalue weighted by Gasteiger charge is 2.31. The average molecular weight is 481 g/mol. The van der Waals surface area contributed by atoms with Gasteiger partial charge in [0.05, 0.1) is 17.1 Å². The van der Waals surface area contributed by atoms with Gasteiger partial charge in [-0.1, -0.05) is 42.5 Å². The Morgan fingerprint density at radius 3 is 2.39 bits per heavy atom. The summed E-state index contributed by atoms with van der Waals surface area (Å²) >= 11 is 3.36. The first-order valence-corrected chi connectivity index (χ1v) is 10.3. The number of urea groups is 1. The van der Waals surface area contributed by atoms with Crippen molar-refractivity contribution >= 4 is 45.0 Å². The SMILES string of the molecule is CN1C(=O)C(NC(=O)Nc2ccccc2Br)N=C(c2ccccc2F)c2ccccc21. The van der Waals surface area contributed by atoms with Crippen LogP contribution in [0.3, 0.4) is 0 Å². The highest BCUT2D eigenvalue weighted by atomic mass is 79.9. The molecule has 156 valence electrons. The van der Waals surface area contributed by atoms with Crippen LogP contribution in [0.5, 0.6) is 0 Å². The van der Waals surface area contributed by atoms with Gasteiger partial charge in [0.2, 0.25) is 6.17 Å². The molecule has 0 aliphatic carbocycles. The van der Waals surface area contributed by atoms with Crippen molar-refractivity contribution in [3.63, 3.8) is 0 Å². The van der Waals surface area contributed by atoms with Crippen molar-refractivity contribution < 1.29 is 14.0 Å². The minimum Gasteiger partial charge on any atom is -0.311 e. The third kappa shape index (κ3) is 4.20. The van der Waals surface area contributed by atoms with Crippen LogP contribution < -0.4 is 15.5 Å². The molecule has 4 rings (SSSR count). The second kappa shape index (κ2) is 8.69. The number of likely N-dealkylation sites (N-methyl/N-ethyl adjacent to an activating group) is 1. The fraction of sp³-hybridized carbons (Fsp3) is 0.0870. The molecule has 1 aliphatic heterocycles. The van der Waals surface area contributed by atoms with E-state index in [1.807, 2.05) is 6.07 Å². The molecule has 1 unspecified atom stereocenters. The van der Waals surface area contributed by atoms with Gasteiger partial charge in [0, 0.05) is 22.6 Å². The molecule has 0 spiro atoms. The van der Waals surface area contributed by atoms with Crippen molar-refractivity contribution in [3.8, 4) is 0 Å². The molecular formula is C23H18BrFN4O2. The molecule has 3 aromatic rings. The number of hydrogen-bond donors (Lipinski definition) is 2. The fourth-order valence-electron chi connectivity index (χ4n) is 3.33. The Labute approximate surface area is 186 Å². The van der Waals surface area contributed by atoms with E-state index in [0.29, 0.717) is 21.4 Å². The van der Waals surface area contributed by atoms with Gasteiger partial charge in [-0.15, -0.1) is 0 Å². The summed E-state index contributed by atoms with van der Waals surface area (Å²) in [5.74, 6) is -0.912. The highest BCUT2D eigenvalue weighted by molar-refractivity contribution is 9.10. The molecule has 3 aromatic carbocycles. The standard InChI is InChI=1S/C23H18BrFN4O2/c1-29-19-13-7-3-9-15(19)20(14-8-2-5-11-17(14)25)27-21(22(29)30)28-23(31)26-18-12-6-4-10-16(18)24/h2-13,21H,1H3,(H2,26,28,31). The lowest BCUT2D eigenvalue weighted by atomic mass is 10.00. The molecule has 1 aliphatic rings. The summed E-state index contributed by atoms with van der Waals surface area (Å²) in [5.41, 5.74) is 2.24. The van der Waals surface area contributed by atoms with Crippen LogP contribution >= 0.6 is 15.9 Å². The second-order valence-electron chi connectivity index (χ2n) is 6.85. The van der Waals surface area contributed by atoms with E-state index < -0.39 is 23.9 Å². The number of benzene rings is 3. The summed E-state index contributed by atoms with van der Waals surface area (Å²) in [6.45, 7) is 0. The molecule has 1 atom stereocenters. The van der Waals surface area contributed by atoms with Crippen LogP contribution in [0.4, 0.5) is 20.6 Å². The lowest BCUT2D eigenvalue weighted by molar-refractivity contribution is -0.119. The first-order chi connectivity index (χ1) is 15.0. The smallest absolute Gasteiger partial charge is 0.311 e. The van der Waals surface area contributed by atoms with Gasteiger partial charge in [0.15, 0.2) is 0 Å². The quantitative estimate of drug-likeness (QED) is 0.576. The minimum atomic E-state index is -1.24. The van der Waals surface area contributed by atoms with Crippen molar-refractivity contribution in [3.05, 3.63) is 94.2 Å². The van der Waals surface area contributed by atoms with Crippen molar-refractivity contribution in [1.82, 2.24) is 5.32 Å². The van der Waals surface area contributed by atoms with Gasteiger partial charge in [-0.2, -0.15) is 0 Å².